The van der Waals surface area contributed by atoms with Crippen molar-refractivity contribution < 1.29 is 9.59 Å². The number of nitrogens with zero attached hydrogens (tertiary/aromatic N) is 5. The molecule has 0 spiro atoms. The molecule has 0 unspecified atom stereocenters. The van der Waals surface area contributed by atoms with Gasteiger partial charge in [0, 0.05) is 13.0 Å². The molecule has 0 aliphatic carbocycles. The number of nitrogens with one attached hydrogen (secondary N) is 1. The summed E-state index contributed by atoms with van der Waals surface area (Å²) in [5, 5.41) is 12.9. The van der Waals surface area contributed by atoms with Crippen LogP contribution in [0.1, 0.15) is 50.7 Å². The molecule has 104 valence electrons. The van der Waals surface area contributed by atoms with Crippen LogP contribution in [0.25, 0.3) is 0 Å². The molecule has 1 saturated heterocycles. The van der Waals surface area contributed by atoms with Crippen LogP contribution in [0.2, 0.25) is 0 Å². The molecular formula is C11H18N6O2. The van der Waals surface area contributed by atoms with Crippen molar-refractivity contribution in [2.75, 3.05) is 6.54 Å². The Morgan fingerprint density at radius 3 is 2.63 bits per heavy atom. The summed E-state index contributed by atoms with van der Waals surface area (Å²) < 4.78 is 0. The molecule has 1 aliphatic heterocycles. The molecule has 0 radical (unpaired) electrons. The normalized spacial score (nSPS) is 16.6. The van der Waals surface area contributed by atoms with E-state index in [1.165, 1.54) is 9.81 Å². The van der Waals surface area contributed by atoms with Crippen LogP contribution in [0.15, 0.2) is 0 Å². The number of hydrogen-bond acceptors (Lipinski definition) is 5. The molecule has 0 atom stereocenters. The van der Waals surface area contributed by atoms with E-state index in [1.54, 1.807) is 0 Å². The molecule has 2 rings (SSSR count). The summed E-state index contributed by atoms with van der Waals surface area (Å²) in [5.41, 5.74) is 2.18. The lowest BCUT2D eigenvalue weighted by atomic mass is 10.1. The van der Waals surface area contributed by atoms with Crippen molar-refractivity contribution in [3.8, 4) is 0 Å². The van der Waals surface area contributed by atoms with Gasteiger partial charge < -0.3 is 0 Å². The molecule has 0 aromatic carbocycles. The third kappa shape index (κ3) is 3.07. The van der Waals surface area contributed by atoms with Crippen molar-refractivity contribution in [3.63, 3.8) is 0 Å². The second-order valence-corrected chi connectivity index (χ2v) is 5.52. The number of aromatic nitrogens is 4. The first-order valence-electron chi connectivity index (χ1n) is 6.30. The lowest BCUT2D eigenvalue weighted by Crippen LogP contribution is -2.48. The Kier molecular flexibility index (Phi) is 3.50. The van der Waals surface area contributed by atoms with Gasteiger partial charge in [0.2, 0.25) is 5.91 Å². The van der Waals surface area contributed by atoms with Crippen LogP contribution < -0.4 is 5.43 Å². The molecule has 2 heterocycles. The molecule has 2 amide bonds. The van der Waals surface area contributed by atoms with Gasteiger partial charge in [-0.1, -0.05) is 0 Å². The Balaban J connectivity index is 2.04. The zero-order valence-corrected chi connectivity index (χ0v) is 11.4. The Labute approximate surface area is 111 Å². The highest BCUT2D eigenvalue weighted by Gasteiger charge is 2.24. The summed E-state index contributed by atoms with van der Waals surface area (Å²) in [6, 6.07) is 0. The van der Waals surface area contributed by atoms with Gasteiger partial charge in [-0.25, -0.2) is 0 Å². The molecular weight excluding hydrogens is 248 g/mol. The van der Waals surface area contributed by atoms with Gasteiger partial charge in [0.25, 0.3) is 5.82 Å². The molecule has 0 bridgehead atoms. The number of carbonyl (C=O) groups excluding carboxylic acids is 2. The fourth-order valence-corrected chi connectivity index (χ4v) is 1.69. The highest BCUT2D eigenvalue weighted by Crippen LogP contribution is 2.10. The second-order valence-electron chi connectivity index (χ2n) is 5.52. The van der Waals surface area contributed by atoms with E-state index in [4.69, 9.17) is 0 Å². The number of piperidine rings is 1. The van der Waals surface area contributed by atoms with E-state index in [-0.39, 0.29) is 17.3 Å². The predicted octanol–water partition coefficient (Wildman–Crippen LogP) is 0.0854. The van der Waals surface area contributed by atoms with E-state index in [0.29, 0.717) is 13.0 Å². The van der Waals surface area contributed by atoms with Gasteiger partial charge in [-0.15, -0.1) is 10.2 Å². The lowest BCUT2D eigenvalue weighted by Gasteiger charge is -2.26. The molecule has 1 fully saturated rings. The van der Waals surface area contributed by atoms with E-state index in [2.05, 4.69) is 20.8 Å². The van der Waals surface area contributed by atoms with Crippen molar-refractivity contribution in [1.29, 1.82) is 0 Å². The zero-order valence-electron chi connectivity index (χ0n) is 11.4. The molecule has 8 heteroatoms. The van der Waals surface area contributed by atoms with Crippen molar-refractivity contribution >= 4 is 11.8 Å². The minimum Gasteiger partial charge on any atom is -0.273 e. The van der Waals surface area contributed by atoms with E-state index in [9.17, 15) is 9.59 Å². The standard InChI is InChI=1S/C11H18N6O2/c1-11(2,3)17-13-9(12-15-17)10(19)14-16-7-5-4-6-8(16)18/h4-7H2,1-3H3,(H,14,19). The summed E-state index contributed by atoms with van der Waals surface area (Å²) in [5.74, 6) is -0.623. The van der Waals surface area contributed by atoms with Gasteiger partial charge in [0.1, 0.15) is 0 Å². The summed E-state index contributed by atoms with van der Waals surface area (Å²) in [7, 11) is 0. The van der Waals surface area contributed by atoms with Crippen molar-refractivity contribution in [2.45, 2.75) is 45.6 Å². The molecule has 8 nitrogen and oxygen atoms in total. The van der Waals surface area contributed by atoms with Crippen molar-refractivity contribution in [2.24, 2.45) is 0 Å². The highest BCUT2D eigenvalue weighted by atomic mass is 16.2. The largest absolute Gasteiger partial charge is 0.311 e. The maximum absolute atomic E-state index is 11.9. The first-order valence-corrected chi connectivity index (χ1v) is 6.30. The van der Waals surface area contributed by atoms with E-state index in [1.807, 2.05) is 20.8 Å². The third-order valence-corrected chi connectivity index (χ3v) is 2.78. The van der Waals surface area contributed by atoms with Crippen LogP contribution >= 0.6 is 0 Å². The van der Waals surface area contributed by atoms with Gasteiger partial charge in [-0.2, -0.15) is 4.80 Å². The van der Waals surface area contributed by atoms with Gasteiger partial charge in [0.05, 0.1) is 5.54 Å². The van der Waals surface area contributed by atoms with E-state index < -0.39 is 5.91 Å². The fourth-order valence-electron chi connectivity index (χ4n) is 1.69. The SMILES string of the molecule is CC(C)(C)n1nnc(C(=O)NN2CCCCC2=O)n1. The van der Waals surface area contributed by atoms with Crippen LogP contribution in [-0.2, 0) is 10.3 Å². The van der Waals surface area contributed by atoms with Gasteiger partial charge in [0.15, 0.2) is 0 Å². The number of tetrazole rings is 1. The summed E-state index contributed by atoms with van der Waals surface area (Å²) in [6.45, 7) is 6.25. The number of carbonyl (C=O) groups is 2. The second kappa shape index (κ2) is 4.94. The first-order chi connectivity index (χ1) is 8.88. The van der Waals surface area contributed by atoms with E-state index in [0.717, 1.165) is 12.8 Å². The number of hydrogen-bond donors (Lipinski definition) is 1. The summed E-state index contributed by atoms with van der Waals surface area (Å²) >= 11 is 0. The number of amides is 2. The predicted molar refractivity (Wildman–Crippen MR) is 65.8 cm³/mol. The minimum absolute atomic E-state index is 0.0340. The first kappa shape index (κ1) is 13.4. The fraction of sp³-hybridized carbons (Fsp3) is 0.727. The smallest absolute Gasteiger partial charge is 0.273 e. The Morgan fingerprint density at radius 2 is 2.05 bits per heavy atom. The maximum Gasteiger partial charge on any atom is 0.311 e. The molecule has 0 saturated carbocycles. The molecule has 1 aliphatic rings. The number of rotatable bonds is 2. The molecule has 19 heavy (non-hydrogen) atoms. The average molecular weight is 266 g/mol. The minimum atomic E-state index is -0.509. The highest BCUT2D eigenvalue weighted by molar-refractivity contribution is 5.91. The van der Waals surface area contributed by atoms with Crippen molar-refractivity contribution in [1.82, 2.24) is 30.6 Å². The van der Waals surface area contributed by atoms with Gasteiger partial charge in [-0.3, -0.25) is 20.0 Å². The van der Waals surface area contributed by atoms with Crippen LogP contribution in [0.3, 0.4) is 0 Å². The topological polar surface area (TPSA) is 93.0 Å². The Bertz CT molecular complexity index is 490. The molecule has 1 N–H and O–H groups in total. The zero-order chi connectivity index (χ0) is 14.0. The quantitative estimate of drug-likeness (QED) is 0.818. The average Bonchev–Trinajstić information content (AvgIpc) is 2.81. The van der Waals surface area contributed by atoms with Gasteiger partial charge >= 0.3 is 5.91 Å². The summed E-state index contributed by atoms with van der Waals surface area (Å²) in [6.07, 6.45) is 2.21. The molecule has 1 aromatic rings. The monoisotopic (exact) mass is 266 g/mol. The lowest BCUT2D eigenvalue weighted by molar-refractivity contribution is -0.135. The van der Waals surface area contributed by atoms with Crippen LogP contribution in [-0.4, -0.2) is 43.6 Å². The van der Waals surface area contributed by atoms with Crippen LogP contribution in [0.5, 0.6) is 0 Å². The Hall–Kier alpha value is -1.99. The van der Waals surface area contributed by atoms with Gasteiger partial charge in [-0.05, 0) is 38.8 Å². The molecule has 1 aromatic heterocycles. The summed E-state index contributed by atoms with van der Waals surface area (Å²) in [4.78, 5) is 24.9. The number of hydrazine groups is 1. The van der Waals surface area contributed by atoms with Crippen LogP contribution in [0, 0.1) is 0 Å². The third-order valence-electron chi connectivity index (χ3n) is 2.78. The Morgan fingerprint density at radius 1 is 1.32 bits per heavy atom. The van der Waals surface area contributed by atoms with E-state index >= 15 is 0 Å². The van der Waals surface area contributed by atoms with Crippen LogP contribution in [0.4, 0.5) is 0 Å². The maximum atomic E-state index is 11.9. The van der Waals surface area contributed by atoms with Crippen molar-refractivity contribution in [3.05, 3.63) is 5.82 Å².